The highest BCUT2D eigenvalue weighted by Crippen LogP contribution is 2.61. The zero-order valence-corrected chi connectivity index (χ0v) is 6.93. The van der Waals surface area contributed by atoms with E-state index in [1.165, 1.54) is 25.7 Å². The lowest BCUT2D eigenvalue weighted by molar-refractivity contribution is 0.277. The van der Waals surface area contributed by atoms with Gasteiger partial charge in [-0.05, 0) is 37.0 Å². The van der Waals surface area contributed by atoms with Gasteiger partial charge < -0.3 is 0 Å². The van der Waals surface area contributed by atoms with Crippen molar-refractivity contribution in [1.29, 1.82) is 0 Å². The number of rotatable bonds is 1. The van der Waals surface area contributed by atoms with Crippen LogP contribution in [0.5, 0.6) is 0 Å². The molecule has 2 aliphatic carbocycles. The van der Waals surface area contributed by atoms with E-state index in [2.05, 4.69) is 23.9 Å². The first-order valence-electron chi connectivity index (χ1n) is 4.62. The zero-order valence-electron chi connectivity index (χ0n) is 6.93. The van der Waals surface area contributed by atoms with Crippen molar-refractivity contribution in [3.05, 3.63) is 0 Å². The van der Waals surface area contributed by atoms with E-state index >= 15 is 0 Å². The van der Waals surface area contributed by atoms with Gasteiger partial charge in [-0.2, -0.15) is 0 Å². The molecule has 0 aromatic heterocycles. The van der Waals surface area contributed by atoms with Crippen LogP contribution in [0.15, 0.2) is 0 Å². The lowest BCUT2D eigenvalue weighted by Gasteiger charge is -2.22. The van der Waals surface area contributed by atoms with Crippen LogP contribution in [0, 0.1) is 23.4 Å². The highest BCUT2D eigenvalue weighted by Gasteiger charge is 2.57. The lowest BCUT2D eigenvalue weighted by atomic mass is 9.96. The van der Waals surface area contributed by atoms with E-state index in [-0.39, 0.29) is 0 Å². The van der Waals surface area contributed by atoms with Gasteiger partial charge in [0.25, 0.3) is 0 Å². The molecule has 1 aliphatic heterocycles. The largest absolute Gasteiger partial charge is 0.253 e. The van der Waals surface area contributed by atoms with Gasteiger partial charge in [-0.3, -0.25) is 4.90 Å². The SMILES string of the molecule is CC1CCC2(CC2)C1N1C#C1. The van der Waals surface area contributed by atoms with E-state index in [0.717, 1.165) is 17.4 Å². The van der Waals surface area contributed by atoms with Crippen molar-refractivity contribution in [2.24, 2.45) is 11.3 Å². The van der Waals surface area contributed by atoms with Gasteiger partial charge >= 0.3 is 0 Å². The van der Waals surface area contributed by atoms with E-state index in [4.69, 9.17) is 0 Å². The van der Waals surface area contributed by atoms with Gasteiger partial charge in [0.1, 0.15) is 0 Å². The summed E-state index contributed by atoms with van der Waals surface area (Å²) < 4.78 is 0. The summed E-state index contributed by atoms with van der Waals surface area (Å²) in [6.45, 7) is 2.37. The van der Waals surface area contributed by atoms with Crippen LogP contribution >= 0.6 is 0 Å². The van der Waals surface area contributed by atoms with Gasteiger partial charge in [0.15, 0.2) is 0 Å². The fourth-order valence-electron chi connectivity index (χ4n) is 2.83. The molecule has 2 saturated carbocycles. The quantitative estimate of drug-likeness (QED) is 0.511. The van der Waals surface area contributed by atoms with E-state index < -0.39 is 0 Å². The van der Waals surface area contributed by atoms with Crippen molar-refractivity contribution in [1.82, 2.24) is 4.90 Å². The highest BCUT2D eigenvalue weighted by molar-refractivity contribution is 5.26. The van der Waals surface area contributed by atoms with Gasteiger partial charge in [0.2, 0.25) is 0 Å². The van der Waals surface area contributed by atoms with E-state index in [1.54, 1.807) is 0 Å². The molecule has 2 unspecified atom stereocenters. The van der Waals surface area contributed by atoms with Crippen LogP contribution in [-0.4, -0.2) is 10.9 Å². The molecule has 11 heavy (non-hydrogen) atoms. The number of nitrogens with zero attached hydrogens (tertiary/aromatic N) is 1. The Morgan fingerprint density at radius 1 is 1.27 bits per heavy atom. The number of hydrogen-bond donors (Lipinski definition) is 0. The van der Waals surface area contributed by atoms with Crippen molar-refractivity contribution in [2.75, 3.05) is 0 Å². The Morgan fingerprint density at radius 3 is 2.55 bits per heavy atom. The van der Waals surface area contributed by atoms with Crippen molar-refractivity contribution in [2.45, 2.75) is 38.6 Å². The molecule has 0 radical (unpaired) electrons. The fourth-order valence-corrected chi connectivity index (χ4v) is 2.83. The molecular weight excluding hydrogens is 134 g/mol. The Bertz CT molecular complexity index is 246. The van der Waals surface area contributed by atoms with Crippen LogP contribution in [0.2, 0.25) is 0 Å². The molecule has 3 rings (SSSR count). The maximum absolute atomic E-state index is 3.09. The minimum Gasteiger partial charge on any atom is -0.253 e. The van der Waals surface area contributed by atoms with Crippen LogP contribution in [0.3, 0.4) is 0 Å². The second kappa shape index (κ2) is 1.58. The Labute approximate surface area is 67.8 Å². The first-order chi connectivity index (χ1) is 5.32. The molecule has 0 aromatic carbocycles. The average molecular weight is 147 g/mol. The Hall–Kier alpha value is -0.640. The van der Waals surface area contributed by atoms with Gasteiger partial charge in [-0.15, -0.1) is 0 Å². The van der Waals surface area contributed by atoms with Crippen molar-refractivity contribution in [3.8, 4) is 12.1 Å². The monoisotopic (exact) mass is 147 g/mol. The summed E-state index contributed by atoms with van der Waals surface area (Å²) in [5, 5.41) is 0. The molecular formula is C10H13N. The molecule has 1 heteroatoms. The topological polar surface area (TPSA) is 3.01 Å². The molecule has 1 spiro atoms. The minimum atomic E-state index is 0.718. The molecule has 58 valence electrons. The minimum absolute atomic E-state index is 0.718. The smallest absolute Gasteiger partial charge is 0.0593 e. The van der Waals surface area contributed by atoms with Gasteiger partial charge in [0.05, 0.1) is 6.04 Å². The van der Waals surface area contributed by atoms with E-state index in [9.17, 15) is 0 Å². The van der Waals surface area contributed by atoms with Gasteiger partial charge in [0, 0.05) is 12.1 Å². The van der Waals surface area contributed by atoms with Gasteiger partial charge in [-0.1, -0.05) is 6.92 Å². The normalized spacial score (nSPS) is 42.1. The summed E-state index contributed by atoms with van der Waals surface area (Å²) in [5.74, 6) is 0.875. The third-order valence-electron chi connectivity index (χ3n) is 3.68. The first kappa shape index (κ1) is 5.94. The summed E-state index contributed by atoms with van der Waals surface area (Å²) in [6.07, 6.45) is 5.80. The summed E-state index contributed by atoms with van der Waals surface area (Å²) in [5.41, 5.74) is 0.718. The lowest BCUT2D eigenvalue weighted by Crippen LogP contribution is -2.30. The molecule has 1 nitrogen and oxygen atoms in total. The third kappa shape index (κ3) is 0.677. The standard InChI is InChI=1S/C10H13N/c1-8-2-3-10(4-5-10)9(8)11-6-7-11/h8-9H,2-5H2,1H3. The number of hydrogen-bond acceptors (Lipinski definition) is 1. The third-order valence-corrected chi connectivity index (χ3v) is 3.68. The first-order valence-corrected chi connectivity index (χ1v) is 4.62. The van der Waals surface area contributed by atoms with Crippen LogP contribution in [0.4, 0.5) is 0 Å². The van der Waals surface area contributed by atoms with Crippen LogP contribution in [-0.2, 0) is 0 Å². The second-order valence-corrected chi connectivity index (χ2v) is 4.42. The van der Waals surface area contributed by atoms with Crippen LogP contribution < -0.4 is 0 Å². The Balaban J connectivity index is 1.85. The van der Waals surface area contributed by atoms with Crippen LogP contribution in [0.25, 0.3) is 0 Å². The van der Waals surface area contributed by atoms with Crippen molar-refractivity contribution >= 4 is 0 Å². The molecule has 2 atom stereocenters. The van der Waals surface area contributed by atoms with E-state index in [1.807, 2.05) is 0 Å². The maximum Gasteiger partial charge on any atom is 0.0593 e. The molecule has 0 aromatic rings. The predicted octanol–water partition coefficient (Wildman–Crippen LogP) is 1.80. The molecule has 0 bridgehead atoms. The fraction of sp³-hybridized carbons (Fsp3) is 0.800. The average Bonchev–Trinajstić information content (AvgIpc) is 2.82. The predicted molar refractivity (Wildman–Crippen MR) is 43.5 cm³/mol. The molecule has 2 fully saturated rings. The Morgan fingerprint density at radius 2 is 2.00 bits per heavy atom. The van der Waals surface area contributed by atoms with Crippen molar-refractivity contribution < 1.29 is 0 Å². The van der Waals surface area contributed by atoms with Crippen LogP contribution in [0.1, 0.15) is 32.6 Å². The zero-order chi connectivity index (χ0) is 7.47. The summed E-state index contributed by atoms with van der Waals surface area (Å²) in [7, 11) is 0. The summed E-state index contributed by atoms with van der Waals surface area (Å²) in [6, 6.07) is 6.95. The van der Waals surface area contributed by atoms with E-state index in [0.29, 0.717) is 0 Å². The summed E-state index contributed by atoms with van der Waals surface area (Å²) in [4.78, 5) is 2.20. The second-order valence-electron chi connectivity index (χ2n) is 4.42. The molecule has 0 N–H and O–H groups in total. The van der Waals surface area contributed by atoms with Crippen molar-refractivity contribution in [3.63, 3.8) is 0 Å². The molecule has 0 saturated heterocycles. The van der Waals surface area contributed by atoms with Gasteiger partial charge in [-0.25, -0.2) is 0 Å². The molecule has 1 heterocycles. The molecule has 3 aliphatic rings. The summed E-state index contributed by atoms with van der Waals surface area (Å²) >= 11 is 0. The Kier molecular flexibility index (Phi) is 0.852. The highest BCUT2D eigenvalue weighted by atomic mass is 15.2. The molecule has 0 amide bonds. The maximum atomic E-state index is 3.09.